The van der Waals surface area contributed by atoms with Gasteiger partial charge in [-0.05, 0) is 18.6 Å². The summed E-state index contributed by atoms with van der Waals surface area (Å²) >= 11 is 3.46. The Morgan fingerprint density at radius 3 is 3.06 bits per heavy atom. The lowest BCUT2D eigenvalue weighted by molar-refractivity contribution is -0.384. The quantitative estimate of drug-likeness (QED) is 0.686. The van der Waals surface area contributed by atoms with Gasteiger partial charge in [0.1, 0.15) is 0 Å². The Hall–Kier alpha value is -0.980. The van der Waals surface area contributed by atoms with Crippen LogP contribution in [0.15, 0.2) is 22.7 Å². The van der Waals surface area contributed by atoms with Gasteiger partial charge in [0.15, 0.2) is 0 Å². The molecule has 2 rings (SSSR count). The molecule has 0 spiro atoms. The zero-order valence-corrected chi connectivity index (χ0v) is 11.8. The van der Waals surface area contributed by atoms with E-state index in [0.29, 0.717) is 6.04 Å². The Labute approximate surface area is 114 Å². The van der Waals surface area contributed by atoms with Gasteiger partial charge in [-0.2, -0.15) is 0 Å². The number of halogens is 1. The second-order valence-corrected chi connectivity index (χ2v) is 5.41. The number of rotatable bonds is 3. The topological polar surface area (TPSA) is 58.4 Å². The van der Waals surface area contributed by atoms with Gasteiger partial charge in [-0.15, -0.1) is 0 Å². The van der Waals surface area contributed by atoms with Crippen molar-refractivity contribution in [3.63, 3.8) is 0 Å². The van der Waals surface area contributed by atoms with E-state index in [1.54, 1.807) is 12.1 Å². The van der Waals surface area contributed by atoms with Gasteiger partial charge in [-0.25, -0.2) is 0 Å². The van der Waals surface area contributed by atoms with Crippen LogP contribution in [-0.2, 0) is 6.54 Å². The molecule has 1 atom stereocenters. The molecule has 1 aliphatic rings. The molecule has 1 saturated heterocycles. The standard InChI is InChI=1S/C12H16BrN3O2/c1-9-7-14-4-5-15(9)8-10-6-11(16(17)18)2-3-12(10)13/h2-3,6,9,14H,4-5,7-8H2,1H3. The highest BCUT2D eigenvalue weighted by molar-refractivity contribution is 9.10. The maximum Gasteiger partial charge on any atom is 0.269 e. The van der Waals surface area contributed by atoms with Gasteiger partial charge >= 0.3 is 0 Å². The molecule has 0 bridgehead atoms. The van der Waals surface area contributed by atoms with Gasteiger partial charge in [0.2, 0.25) is 0 Å². The second-order valence-electron chi connectivity index (χ2n) is 4.56. The smallest absolute Gasteiger partial charge is 0.269 e. The number of nitrogens with one attached hydrogen (secondary N) is 1. The number of piperazine rings is 1. The van der Waals surface area contributed by atoms with Crippen molar-refractivity contribution in [3.8, 4) is 0 Å². The maximum atomic E-state index is 10.8. The minimum atomic E-state index is -0.350. The summed E-state index contributed by atoms with van der Waals surface area (Å²) in [7, 11) is 0. The van der Waals surface area contributed by atoms with Crippen LogP contribution in [0.3, 0.4) is 0 Å². The van der Waals surface area contributed by atoms with Gasteiger partial charge in [0.05, 0.1) is 4.92 Å². The number of nitro groups is 1. The molecular weight excluding hydrogens is 298 g/mol. The number of nitrogens with zero attached hydrogens (tertiary/aromatic N) is 2. The molecule has 1 aromatic rings. The first-order chi connectivity index (χ1) is 8.58. The average molecular weight is 314 g/mol. The van der Waals surface area contributed by atoms with Crippen molar-refractivity contribution in [2.75, 3.05) is 19.6 Å². The third-order valence-electron chi connectivity index (χ3n) is 3.25. The highest BCUT2D eigenvalue weighted by Crippen LogP contribution is 2.24. The van der Waals surface area contributed by atoms with Crippen LogP contribution in [0.4, 0.5) is 5.69 Å². The van der Waals surface area contributed by atoms with E-state index in [4.69, 9.17) is 0 Å². The molecule has 1 N–H and O–H groups in total. The van der Waals surface area contributed by atoms with E-state index >= 15 is 0 Å². The molecule has 6 heteroatoms. The van der Waals surface area contributed by atoms with Gasteiger partial charge in [-0.3, -0.25) is 15.0 Å². The molecule has 1 aromatic carbocycles. The van der Waals surface area contributed by atoms with Crippen LogP contribution in [0.5, 0.6) is 0 Å². The van der Waals surface area contributed by atoms with E-state index in [9.17, 15) is 10.1 Å². The number of hydrogen-bond donors (Lipinski definition) is 1. The van der Waals surface area contributed by atoms with E-state index in [2.05, 4.69) is 33.1 Å². The fraction of sp³-hybridized carbons (Fsp3) is 0.500. The predicted molar refractivity (Wildman–Crippen MR) is 73.5 cm³/mol. The molecule has 18 heavy (non-hydrogen) atoms. The number of benzene rings is 1. The van der Waals surface area contributed by atoms with Gasteiger partial charge in [0.25, 0.3) is 5.69 Å². The van der Waals surface area contributed by atoms with Crippen LogP contribution in [0.1, 0.15) is 12.5 Å². The van der Waals surface area contributed by atoms with Crippen LogP contribution in [0.25, 0.3) is 0 Å². The van der Waals surface area contributed by atoms with Gasteiger partial charge in [0, 0.05) is 48.8 Å². The van der Waals surface area contributed by atoms with E-state index in [0.717, 1.165) is 36.2 Å². The van der Waals surface area contributed by atoms with Crippen molar-refractivity contribution >= 4 is 21.6 Å². The average Bonchev–Trinajstić information content (AvgIpc) is 2.34. The summed E-state index contributed by atoms with van der Waals surface area (Å²) in [6, 6.07) is 5.37. The lowest BCUT2D eigenvalue weighted by Crippen LogP contribution is -2.49. The monoisotopic (exact) mass is 313 g/mol. The summed E-state index contributed by atoms with van der Waals surface area (Å²) in [5, 5.41) is 14.1. The van der Waals surface area contributed by atoms with Crippen LogP contribution >= 0.6 is 15.9 Å². The van der Waals surface area contributed by atoms with Crippen molar-refractivity contribution in [3.05, 3.63) is 38.3 Å². The number of nitro benzene ring substituents is 1. The summed E-state index contributed by atoms with van der Waals surface area (Å²) in [6.45, 7) is 5.81. The SMILES string of the molecule is CC1CNCCN1Cc1cc([N+](=O)[O-])ccc1Br. The first-order valence-corrected chi connectivity index (χ1v) is 6.75. The lowest BCUT2D eigenvalue weighted by atomic mass is 10.1. The fourth-order valence-electron chi connectivity index (χ4n) is 2.13. The Kier molecular flexibility index (Phi) is 4.31. The highest BCUT2D eigenvalue weighted by Gasteiger charge is 2.19. The van der Waals surface area contributed by atoms with E-state index < -0.39 is 0 Å². The molecule has 0 aliphatic carbocycles. The lowest BCUT2D eigenvalue weighted by Gasteiger charge is -2.34. The van der Waals surface area contributed by atoms with Crippen LogP contribution < -0.4 is 5.32 Å². The molecule has 1 unspecified atom stereocenters. The molecule has 0 radical (unpaired) electrons. The molecule has 1 fully saturated rings. The van der Waals surface area contributed by atoms with Crippen molar-refractivity contribution < 1.29 is 4.92 Å². The molecule has 1 heterocycles. The molecule has 98 valence electrons. The van der Waals surface area contributed by atoms with Gasteiger partial charge in [-0.1, -0.05) is 15.9 Å². The zero-order chi connectivity index (χ0) is 13.1. The minimum absolute atomic E-state index is 0.149. The molecule has 0 amide bonds. The summed E-state index contributed by atoms with van der Waals surface area (Å²) in [4.78, 5) is 12.8. The maximum absolute atomic E-state index is 10.8. The molecule has 0 saturated carbocycles. The largest absolute Gasteiger partial charge is 0.314 e. The second kappa shape index (κ2) is 5.77. The van der Waals surface area contributed by atoms with Crippen LogP contribution in [0.2, 0.25) is 0 Å². The summed E-state index contributed by atoms with van der Waals surface area (Å²) in [5.74, 6) is 0. The van der Waals surface area contributed by atoms with E-state index in [1.165, 1.54) is 6.07 Å². The van der Waals surface area contributed by atoms with Crippen molar-refractivity contribution in [2.45, 2.75) is 19.5 Å². The summed E-state index contributed by atoms with van der Waals surface area (Å²) in [5.41, 5.74) is 1.12. The van der Waals surface area contributed by atoms with Crippen molar-refractivity contribution in [2.24, 2.45) is 0 Å². The molecule has 5 nitrogen and oxygen atoms in total. The van der Waals surface area contributed by atoms with E-state index in [-0.39, 0.29) is 10.6 Å². The molecule has 1 aliphatic heterocycles. The van der Waals surface area contributed by atoms with Gasteiger partial charge < -0.3 is 5.32 Å². The third kappa shape index (κ3) is 3.07. The minimum Gasteiger partial charge on any atom is -0.314 e. The Morgan fingerprint density at radius 2 is 2.39 bits per heavy atom. The zero-order valence-electron chi connectivity index (χ0n) is 10.2. The Bertz CT molecular complexity index is 453. The van der Waals surface area contributed by atoms with Crippen LogP contribution in [0, 0.1) is 10.1 Å². The van der Waals surface area contributed by atoms with E-state index in [1.807, 2.05) is 0 Å². The molecular formula is C12H16BrN3O2. The Balaban J connectivity index is 2.17. The first-order valence-electron chi connectivity index (χ1n) is 5.95. The first kappa shape index (κ1) is 13.5. The third-order valence-corrected chi connectivity index (χ3v) is 4.03. The number of hydrogen-bond acceptors (Lipinski definition) is 4. The van der Waals surface area contributed by atoms with Crippen molar-refractivity contribution in [1.29, 1.82) is 0 Å². The highest BCUT2D eigenvalue weighted by atomic mass is 79.9. The summed E-state index contributed by atoms with van der Waals surface area (Å²) < 4.78 is 0.929. The normalized spacial score (nSPS) is 20.9. The van der Waals surface area contributed by atoms with Crippen molar-refractivity contribution in [1.82, 2.24) is 10.2 Å². The molecule has 0 aromatic heterocycles. The summed E-state index contributed by atoms with van der Waals surface area (Å²) in [6.07, 6.45) is 0. The Morgan fingerprint density at radius 1 is 1.61 bits per heavy atom. The predicted octanol–water partition coefficient (Wildman–Crippen LogP) is 2.15. The van der Waals surface area contributed by atoms with Crippen LogP contribution in [-0.4, -0.2) is 35.5 Å². The number of non-ortho nitro benzene ring substituents is 1. The fourth-order valence-corrected chi connectivity index (χ4v) is 2.50.